The number of hydrogen-bond acceptors (Lipinski definition) is 3. The minimum absolute atomic E-state index is 0.0450. The Morgan fingerprint density at radius 2 is 2.00 bits per heavy atom. The highest BCUT2D eigenvalue weighted by Gasteiger charge is 1.97. The summed E-state index contributed by atoms with van der Waals surface area (Å²) in [5.41, 5.74) is 0.0450. The fraction of sp³-hybridized carbons (Fsp3) is 0.800. The summed E-state index contributed by atoms with van der Waals surface area (Å²) in [4.78, 5) is 11.1. The van der Waals surface area contributed by atoms with Crippen LogP contribution in [-0.4, -0.2) is 8.33 Å². The van der Waals surface area contributed by atoms with E-state index in [4.69, 9.17) is 0 Å². The molecule has 0 unspecified atom stereocenters. The molecule has 0 radical (unpaired) electrons. The fourth-order valence-electron chi connectivity index (χ4n) is 1.42. The number of aryl methyl sites for hydroxylation is 1. The van der Waals surface area contributed by atoms with Crippen LogP contribution in [0.5, 0.6) is 0 Å². The van der Waals surface area contributed by atoms with Crippen molar-refractivity contribution >= 4 is 11.7 Å². The Hall–Kier alpha value is -0.640. The van der Waals surface area contributed by atoms with E-state index < -0.39 is 0 Å². The van der Waals surface area contributed by atoms with Crippen molar-refractivity contribution in [2.45, 2.75) is 52.0 Å². The highest BCUT2D eigenvalue weighted by molar-refractivity contribution is 6.99. The van der Waals surface area contributed by atoms with Gasteiger partial charge in [-0.1, -0.05) is 39.0 Å². The van der Waals surface area contributed by atoms with E-state index in [1.165, 1.54) is 50.0 Å². The fourth-order valence-corrected chi connectivity index (χ4v) is 2.01. The molecule has 3 nitrogen and oxygen atoms in total. The van der Waals surface area contributed by atoms with Crippen LogP contribution in [-0.2, 0) is 6.54 Å². The zero-order chi connectivity index (χ0) is 10.2. The molecule has 1 aromatic rings. The van der Waals surface area contributed by atoms with Crippen molar-refractivity contribution in [3.05, 3.63) is 16.6 Å². The van der Waals surface area contributed by atoms with Crippen LogP contribution in [0.15, 0.2) is 11.0 Å². The van der Waals surface area contributed by atoms with Gasteiger partial charge in [0.05, 0.1) is 0 Å². The molecule has 0 fully saturated rings. The SMILES string of the molecule is CCCCCCCCn1sncc1=O. The smallest absolute Gasteiger partial charge is 0.267 e. The molecule has 1 heterocycles. The Bertz CT molecular complexity index is 292. The van der Waals surface area contributed by atoms with Gasteiger partial charge >= 0.3 is 0 Å². The molecular weight excluding hydrogens is 196 g/mol. The lowest BCUT2D eigenvalue weighted by molar-refractivity contribution is 0.569. The molecule has 0 amide bonds. The Morgan fingerprint density at radius 1 is 1.29 bits per heavy atom. The zero-order valence-electron chi connectivity index (χ0n) is 8.74. The van der Waals surface area contributed by atoms with Gasteiger partial charge in [-0.25, -0.2) is 3.96 Å². The highest BCUT2D eigenvalue weighted by Crippen LogP contribution is 2.05. The summed E-state index contributed by atoms with van der Waals surface area (Å²) in [7, 11) is 0. The predicted molar refractivity (Wildman–Crippen MR) is 59.8 cm³/mol. The topological polar surface area (TPSA) is 34.9 Å². The maximum atomic E-state index is 11.1. The van der Waals surface area contributed by atoms with E-state index in [9.17, 15) is 4.79 Å². The van der Waals surface area contributed by atoms with Gasteiger partial charge in [-0.3, -0.25) is 4.79 Å². The van der Waals surface area contributed by atoms with Crippen LogP contribution in [0.2, 0.25) is 0 Å². The van der Waals surface area contributed by atoms with Crippen molar-refractivity contribution in [1.29, 1.82) is 0 Å². The van der Waals surface area contributed by atoms with Crippen molar-refractivity contribution in [2.75, 3.05) is 0 Å². The van der Waals surface area contributed by atoms with E-state index in [1.807, 2.05) is 0 Å². The van der Waals surface area contributed by atoms with E-state index >= 15 is 0 Å². The number of unbranched alkanes of at least 4 members (excludes halogenated alkanes) is 5. The van der Waals surface area contributed by atoms with Gasteiger partial charge in [0.25, 0.3) is 5.56 Å². The molecule has 0 spiro atoms. The molecule has 1 aromatic heterocycles. The predicted octanol–water partition coefficient (Wildman–Crippen LogP) is 2.67. The van der Waals surface area contributed by atoms with Crippen LogP contribution in [0.3, 0.4) is 0 Å². The third-order valence-corrected chi connectivity index (χ3v) is 3.03. The largest absolute Gasteiger partial charge is 0.280 e. The van der Waals surface area contributed by atoms with Crippen molar-refractivity contribution in [3.63, 3.8) is 0 Å². The van der Waals surface area contributed by atoms with E-state index in [0.29, 0.717) is 0 Å². The zero-order valence-corrected chi connectivity index (χ0v) is 9.55. The minimum atomic E-state index is 0.0450. The molecule has 4 heteroatoms. The third kappa shape index (κ3) is 4.05. The maximum Gasteiger partial charge on any atom is 0.280 e. The summed E-state index contributed by atoms with van der Waals surface area (Å²) in [6, 6.07) is 0. The first-order valence-corrected chi connectivity index (χ1v) is 6.09. The van der Waals surface area contributed by atoms with Crippen LogP contribution in [0.1, 0.15) is 45.4 Å². The normalized spacial score (nSPS) is 10.6. The van der Waals surface area contributed by atoms with E-state index in [-0.39, 0.29) is 5.56 Å². The van der Waals surface area contributed by atoms with Gasteiger partial charge in [-0.05, 0) is 6.42 Å². The van der Waals surface area contributed by atoms with Gasteiger partial charge < -0.3 is 0 Å². The number of nitrogens with zero attached hydrogens (tertiary/aromatic N) is 2. The molecule has 0 N–H and O–H groups in total. The highest BCUT2D eigenvalue weighted by atomic mass is 32.1. The van der Waals surface area contributed by atoms with Gasteiger partial charge in [-0.15, -0.1) is 0 Å². The second-order valence-electron chi connectivity index (χ2n) is 3.52. The first-order valence-electron chi connectivity index (χ1n) is 5.36. The van der Waals surface area contributed by atoms with E-state index in [0.717, 1.165) is 13.0 Å². The summed E-state index contributed by atoms with van der Waals surface area (Å²) in [5, 5.41) is 0. The average molecular weight is 214 g/mol. The monoisotopic (exact) mass is 214 g/mol. The molecule has 1 rings (SSSR count). The molecule has 0 bridgehead atoms. The van der Waals surface area contributed by atoms with Crippen LogP contribution in [0.25, 0.3) is 0 Å². The lowest BCUT2D eigenvalue weighted by atomic mass is 10.1. The summed E-state index contributed by atoms with van der Waals surface area (Å²) >= 11 is 1.27. The Kier molecular flexibility index (Phi) is 5.52. The maximum absolute atomic E-state index is 11.1. The van der Waals surface area contributed by atoms with Crippen LogP contribution < -0.4 is 5.56 Å². The summed E-state index contributed by atoms with van der Waals surface area (Å²) in [6.07, 6.45) is 8.96. The third-order valence-electron chi connectivity index (χ3n) is 2.27. The Labute approximate surface area is 89.1 Å². The van der Waals surface area contributed by atoms with Gasteiger partial charge in [0.2, 0.25) is 0 Å². The molecule has 80 valence electrons. The average Bonchev–Trinajstić information content (AvgIpc) is 2.58. The van der Waals surface area contributed by atoms with Crippen LogP contribution >= 0.6 is 11.7 Å². The van der Waals surface area contributed by atoms with Gasteiger partial charge in [-0.2, -0.15) is 4.37 Å². The molecule has 0 aliphatic carbocycles. The molecule has 0 saturated heterocycles. The van der Waals surface area contributed by atoms with Crippen molar-refractivity contribution < 1.29 is 0 Å². The molecule has 0 saturated carbocycles. The molecule has 0 aliphatic rings. The molecule has 0 atom stereocenters. The quantitative estimate of drug-likeness (QED) is 0.654. The number of rotatable bonds is 7. The lowest BCUT2D eigenvalue weighted by Gasteiger charge is -2.00. The van der Waals surface area contributed by atoms with Gasteiger partial charge in [0.1, 0.15) is 6.20 Å². The first kappa shape index (κ1) is 11.4. The second-order valence-corrected chi connectivity index (χ2v) is 4.34. The van der Waals surface area contributed by atoms with E-state index in [2.05, 4.69) is 11.3 Å². The second kappa shape index (κ2) is 6.76. The van der Waals surface area contributed by atoms with Gasteiger partial charge in [0.15, 0.2) is 0 Å². The first-order chi connectivity index (χ1) is 6.84. The summed E-state index contributed by atoms with van der Waals surface area (Å²) < 4.78 is 5.56. The standard InChI is InChI=1S/C10H18N2OS/c1-2-3-4-5-6-7-8-12-10(13)9-11-14-12/h9H,2-8H2,1H3. The summed E-state index contributed by atoms with van der Waals surface area (Å²) in [6.45, 7) is 3.06. The van der Waals surface area contributed by atoms with Crippen molar-refractivity contribution in [1.82, 2.24) is 8.33 Å². The molecule has 14 heavy (non-hydrogen) atoms. The molecular formula is C10H18N2OS. The Morgan fingerprint density at radius 3 is 2.64 bits per heavy atom. The molecule has 0 aliphatic heterocycles. The van der Waals surface area contributed by atoms with Gasteiger partial charge in [0, 0.05) is 18.3 Å². The van der Waals surface area contributed by atoms with Crippen molar-refractivity contribution in [3.8, 4) is 0 Å². The van der Waals surface area contributed by atoms with Crippen LogP contribution in [0.4, 0.5) is 0 Å². The van der Waals surface area contributed by atoms with E-state index in [1.54, 1.807) is 3.96 Å². The summed E-state index contributed by atoms with van der Waals surface area (Å²) in [5.74, 6) is 0. The lowest BCUT2D eigenvalue weighted by Crippen LogP contribution is -2.11. The number of hydrogen-bond donors (Lipinski definition) is 0. The van der Waals surface area contributed by atoms with Crippen molar-refractivity contribution in [2.24, 2.45) is 0 Å². The number of aromatic nitrogens is 2. The minimum Gasteiger partial charge on any atom is -0.267 e. The Balaban J connectivity index is 2.05. The van der Waals surface area contributed by atoms with Crippen LogP contribution in [0, 0.1) is 0 Å². The molecule has 0 aromatic carbocycles.